The Morgan fingerprint density at radius 2 is 1.74 bits per heavy atom. The second-order valence-corrected chi connectivity index (χ2v) is 9.22. The molecule has 0 amide bonds. The summed E-state index contributed by atoms with van der Waals surface area (Å²) >= 11 is 0. The number of pyridine rings is 2. The number of rotatable bonds is 3. The van der Waals surface area contributed by atoms with Gasteiger partial charge in [0.1, 0.15) is 5.82 Å². The lowest BCUT2D eigenvalue weighted by Crippen LogP contribution is -2.43. The minimum absolute atomic E-state index is 0.456. The van der Waals surface area contributed by atoms with Crippen LogP contribution in [0.15, 0.2) is 43.0 Å². The Labute approximate surface area is 182 Å². The van der Waals surface area contributed by atoms with Crippen molar-refractivity contribution in [1.82, 2.24) is 24.8 Å². The van der Waals surface area contributed by atoms with Crippen molar-refractivity contribution < 1.29 is 4.74 Å². The van der Waals surface area contributed by atoms with Gasteiger partial charge in [-0.2, -0.15) is 0 Å². The first-order valence-corrected chi connectivity index (χ1v) is 11.4. The molecular weight excluding hydrogens is 388 g/mol. The summed E-state index contributed by atoms with van der Waals surface area (Å²) in [6.45, 7) is 6.38. The molecule has 31 heavy (non-hydrogen) atoms. The van der Waals surface area contributed by atoms with E-state index in [0.29, 0.717) is 11.5 Å². The van der Waals surface area contributed by atoms with Gasteiger partial charge in [0.05, 0.1) is 18.3 Å². The van der Waals surface area contributed by atoms with E-state index in [0.717, 1.165) is 54.4 Å². The van der Waals surface area contributed by atoms with Crippen LogP contribution in [-0.4, -0.2) is 70.3 Å². The molecule has 0 bridgehead atoms. The van der Waals surface area contributed by atoms with Crippen LogP contribution in [-0.2, 0) is 4.74 Å². The molecule has 7 nitrogen and oxygen atoms in total. The van der Waals surface area contributed by atoms with Gasteiger partial charge in [-0.1, -0.05) is 0 Å². The van der Waals surface area contributed by atoms with E-state index in [1.807, 2.05) is 30.6 Å². The van der Waals surface area contributed by atoms with E-state index in [9.17, 15) is 0 Å². The molecule has 3 aromatic heterocycles. The first-order chi connectivity index (χ1) is 15.3. The maximum Gasteiger partial charge on any atom is 0.162 e. The Bertz CT molecular complexity index is 1060. The van der Waals surface area contributed by atoms with Crippen molar-refractivity contribution in [2.75, 3.05) is 44.3 Å². The third-order valence-corrected chi connectivity index (χ3v) is 7.43. The molecule has 3 aliphatic heterocycles. The zero-order valence-electron chi connectivity index (χ0n) is 17.8. The number of fused-ring (bicyclic) bond motifs is 1. The number of likely N-dealkylation sites (tertiary alicyclic amines) is 1. The molecule has 0 aromatic carbocycles. The Hall–Kier alpha value is -2.64. The van der Waals surface area contributed by atoms with Gasteiger partial charge in [0, 0.05) is 61.8 Å². The molecule has 0 aliphatic carbocycles. The molecule has 0 saturated carbocycles. The third-order valence-electron chi connectivity index (χ3n) is 7.43. The molecule has 1 spiro atoms. The number of aromatic nitrogens is 4. The summed E-state index contributed by atoms with van der Waals surface area (Å²) < 4.78 is 5.64. The Kier molecular flexibility index (Phi) is 4.80. The zero-order chi connectivity index (χ0) is 20.7. The van der Waals surface area contributed by atoms with Gasteiger partial charge in [-0.05, 0) is 55.8 Å². The standard InChI is InChI=1S/C24H28N6O/c1-8-25-9-2-18(1)22-27-21-15-26-10-3-20(21)23(28-22)29-11-5-24(6-12-29)7-13-30(17-24)19-4-14-31-16-19/h1-3,8-10,15,19H,4-7,11-14,16-17H2/t19-/m0/s1. The van der Waals surface area contributed by atoms with Crippen LogP contribution in [0.25, 0.3) is 22.3 Å². The van der Waals surface area contributed by atoms with Gasteiger partial charge in [-0.15, -0.1) is 0 Å². The lowest BCUT2D eigenvalue weighted by molar-refractivity contribution is 0.142. The molecule has 7 heteroatoms. The molecule has 160 valence electrons. The van der Waals surface area contributed by atoms with E-state index in [1.165, 1.54) is 38.8 Å². The van der Waals surface area contributed by atoms with Crippen LogP contribution < -0.4 is 4.90 Å². The highest BCUT2D eigenvalue weighted by molar-refractivity contribution is 5.90. The number of ether oxygens (including phenoxy) is 1. The van der Waals surface area contributed by atoms with Gasteiger partial charge >= 0.3 is 0 Å². The minimum Gasteiger partial charge on any atom is -0.380 e. The van der Waals surface area contributed by atoms with Gasteiger partial charge in [0.25, 0.3) is 0 Å². The normalized spacial score (nSPS) is 23.7. The summed E-state index contributed by atoms with van der Waals surface area (Å²) in [5.41, 5.74) is 2.34. The van der Waals surface area contributed by atoms with E-state index in [1.54, 1.807) is 12.4 Å². The van der Waals surface area contributed by atoms with Crippen molar-refractivity contribution in [3.8, 4) is 11.4 Å². The summed E-state index contributed by atoms with van der Waals surface area (Å²) in [7, 11) is 0. The number of nitrogens with zero attached hydrogens (tertiary/aromatic N) is 6. The number of anilines is 1. The Morgan fingerprint density at radius 1 is 0.935 bits per heavy atom. The van der Waals surface area contributed by atoms with Gasteiger partial charge in [-0.3, -0.25) is 14.9 Å². The predicted octanol–water partition coefficient (Wildman–Crippen LogP) is 3.17. The average molecular weight is 417 g/mol. The van der Waals surface area contributed by atoms with Crippen LogP contribution in [0.5, 0.6) is 0 Å². The second kappa shape index (κ2) is 7.80. The Morgan fingerprint density at radius 3 is 2.55 bits per heavy atom. The number of piperidine rings is 1. The lowest BCUT2D eigenvalue weighted by Gasteiger charge is -2.40. The fourth-order valence-electron chi connectivity index (χ4n) is 5.53. The molecule has 1 atom stereocenters. The molecule has 0 radical (unpaired) electrons. The fourth-order valence-corrected chi connectivity index (χ4v) is 5.53. The molecule has 3 saturated heterocycles. The summed E-state index contributed by atoms with van der Waals surface area (Å²) in [5, 5.41) is 1.08. The van der Waals surface area contributed by atoms with E-state index < -0.39 is 0 Å². The molecule has 6 rings (SSSR count). The molecule has 6 heterocycles. The summed E-state index contributed by atoms with van der Waals surface area (Å²) in [6.07, 6.45) is 12.2. The van der Waals surface area contributed by atoms with Crippen LogP contribution >= 0.6 is 0 Å². The van der Waals surface area contributed by atoms with Gasteiger partial charge in [0.2, 0.25) is 0 Å². The van der Waals surface area contributed by atoms with Gasteiger partial charge < -0.3 is 9.64 Å². The van der Waals surface area contributed by atoms with Crippen molar-refractivity contribution in [3.63, 3.8) is 0 Å². The molecular formula is C24H28N6O. The van der Waals surface area contributed by atoms with E-state index in [-0.39, 0.29) is 0 Å². The lowest BCUT2D eigenvalue weighted by atomic mass is 9.77. The van der Waals surface area contributed by atoms with Crippen LogP contribution in [0.3, 0.4) is 0 Å². The first-order valence-electron chi connectivity index (χ1n) is 11.4. The van der Waals surface area contributed by atoms with Crippen LogP contribution in [0, 0.1) is 5.41 Å². The maximum absolute atomic E-state index is 5.64. The average Bonchev–Trinajstić information content (AvgIpc) is 3.50. The molecule has 3 fully saturated rings. The highest BCUT2D eigenvalue weighted by atomic mass is 16.5. The number of hydrogen-bond acceptors (Lipinski definition) is 7. The summed E-state index contributed by atoms with van der Waals surface area (Å²) in [4.78, 5) is 23.4. The van der Waals surface area contributed by atoms with Crippen molar-refractivity contribution in [3.05, 3.63) is 43.0 Å². The first kappa shape index (κ1) is 19.1. The molecule has 0 unspecified atom stereocenters. The predicted molar refractivity (Wildman–Crippen MR) is 120 cm³/mol. The second-order valence-electron chi connectivity index (χ2n) is 9.22. The van der Waals surface area contributed by atoms with Crippen molar-refractivity contribution in [2.45, 2.75) is 31.7 Å². The highest BCUT2D eigenvalue weighted by Gasteiger charge is 2.43. The molecule has 0 N–H and O–H groups in total. The monoisotopic (exact) mass is 416 g/mol. The van der Waals surface area contributed by atoms with Crippen LogP contribution in [0.4, 0.5) is 5.82 Å². The number of hydrogen-bond donors (Lipinski definition) is 0. The minimum atomic E-state index is 0.456. The fraction of sp³-hybridized carbons (Fsp3) is 0.500. The topological polar surface area (TPSA) is 67.3 Å². The smallest absolute Gasteiger partial charge is 0.162 e. The summed E-state index contributed by atoms with van der Waals surface area (Å²) in [5.74, 6) is 1.78. The SMILES string of the molecule is c1cc(-c2nc(N3CCC4(CC3)CCN([C@H]3CCOC3)C4)c3ccncc3n2)ccn1. The van der Waals surface area contributed by atoms with Gasteiger partial charge in [0.15, 0.2) is 5.82 Å². The van der Waals surface area contributed by atoms with Crippen LogP contribution in [0.2, 0.25) is 0 Å². The van der Waals surface area contributed by atoms with E-state index in [2.05, 4.69) is 19.8 Å². The maximum atomic E-state index is 5.64. The van der Waals surface area contributed by atoms with Crippen molar-refractivity contribution >= 4 is 16.7 Å². The highest BCUT2D eigenvalue weighted by Crippen LogP contribution is 2.43. The van der Waals surface area contributed by atoms with E-state index >= 15 is 0 Å². The van der Waals surface area contributed by atoms with Crippen molar-refractivity contribution in [2.24, 2.45) is 5.41 Å². The molecule has 3 aliphatic rings. The third kappa shape index (κ3) is 3.55. The van der Waals surface area contributed by atoms with E-state index in [4.69, 9.17) is 14.7 Å². The van der Waals surface area contributed by atoms with Crippen molar-refractivity contribution in [1.29, 1.82) is 0 Å². The Balaban J connectivity index is 1.26. The van der Waals surface area contributed by atoms with Gasteiger partial charge in [-0.25, -0.2) is 9.97 Å². The quantitative estimate of drug-likeness (QED) is 0.650. The van der Waals surface area contributed by atoms with Crippen LogP contribution in [0.1, 0.15) is 25.7 Å². The largest absolute Gasteiger partial charge is 0.380 e. The molecule has 3 aromatic rings. The zero-order valence-corrected chi connectivity index (χ0v) is 17.8. The summed E-state index contributed by atoms with van der Waals surface area (Å²) in [6, 6.07) is 6.61.